The molecule has 126 valence electrons. The Balaban J connectivity index is 0.00000242. The number of rotatable bonds is 4. The molecule has 1 aromatic heterocycles. The van der Waals surface area contributed by atoms with Crippen LogP contribution in [0.1, 0.15) is 38.1 Å². The van der Waals surface area contributed by atoms with Crippen molar-refractivity contribution in [3.8, 4) is 0 Å². The molecule has 0 spiro atoms. The van der Waals surface area contributed by atoms with Crippen molar-refractivity contribution in [2.75, 3.05) is 20.1 Å². The smallest absolute Gasteiger partial charge is 0.191 e. The van der Waals surface area contributed by atoms with Crippen LogP contribution in [0.5, 0.6) is 0 Å². The van der Waals surface area contributed by atoms with Gasteiger partial charge in [0.25, 0.3) is 0 Å². The van der Waals surface area contributed by atoms with Gasteiger partial charge in [-0.2, -0.15) is 0 Å². The standard InChI is InChI=1S/C15H27N5O.HI/c1-11(2)20-7-5-13(6-8-20)18-15(16-4)17-10-14-9-12(3)19-21-14;/h9,11,13H,5-8,10H2,1-4H3,(H2,16,17,18);1H. The van der Waals surface area contributed by atoms with E-state index in [4.69, 9.17) is 4.52 Å². The molecule has 1 saturated heterocycles. The van der Waals surface area contributed by atoms with Crippen LogP contribution in [0.25, 0.3) is 0 Å². The second kappa shape index (κ2) is 9.34. The summed E-state index contributed by atoms with van der Waals surface area (Å²) in [5.41, 5.74) is 0.899. The van der Waals surface area contributed by atoms with Crippen LogP contribution < -0.4 is 10.6 Å². The number of hydrogen-bond acceptors (Lipinski definition) is 4. The molecule has 1 aliphatic rings. The summed E-state index contributed by atoms with van der Waals surface area (Å²) < 4.78 is 5.19. The monoisotopic (exact) mass is 421 g/mol. The van der Waals surface area contributed by atoms with Crippen molar-refractivity contribution >= 4 is 29.9 Å². The quantitative estimate of drug-likeness (QED) is 0.443. The third kappa shape index (κ3) is 5.75. The molecule has 6 nitrogen and oxygen atoms in total. The first-order valence-corrected chi connectivity index (χ1v) is 7.72. The van der Waals surface area contributed by atoms with E-state index in [0.29, 0.717) is 18.6 Å². The van der Waals surface area contributed by atoms with E-state index >= 15 is 0 Å². The molecular formula is C15H28IN5O. The Labute approximate surface area is 150 Å². The lowest BCUT2D eigenvalue weighted by molar-refractivity contribution is 0.167. The highest BCUT2D eigenvalue weighted by molar-refractivity contribution is 14.0. The Morgan fingerprint density at radius 1 is 1.45 bits per heavy atom. The van der Waals surface area contributed by atoms with E-state index in [1.165, 1.54) is 0 Å². The van der Waals surface area contributed by atoms with Crippen LogP contribution in [0.2, 0.25) is 0 Å². The minimum atomic E-state index is 0. The third-order valence-corrected chi connectivity index (χ3v) is 3.93. The zero-order valence-corrected chi connectivity index (χ0v) is 16.3. The van der Waals surface area contributed by atoms with Gasteiger partial charge in [0.2, 0.25) is 0 Å². The van der Waals surface area contributed by atoms with Gasteiger partial charge < -0.3 is 20.1 Å². The average Bonchev–Trinajstić information content (AvgIpc) is 2.89. The summed E-state index contributed by atoms with van der Waals surface area (Å²) in [7, 11) is 1.80. The molecule has 0 aromatic carbocycles. The second-order valence-electron chi connectivity index (χ2n) is 5.91. The Morgan fingerprint density at radius 3 is 2.64 bits per heavy atom. The SMILES string of the molecule is CN=C(NCc1cc(C)no1)NC1CCN(C(C)C)CC1.I. The molecule has 0 atom stereocenters. The summed E-state index contributed by atoms with van der Waals surface area (Å²) in [5, 5.41) is 10.6. The van der Waals surface area contributed by atoms with Gasteiger partial charge in [-0.1, -0.05) is 5.16 Å². The molecule has 7 heteroatoms. The average molecular weight is 421 g/mol. The van der Waals surface area contributed by atoms with Crippen LogP contribution in [0, 0.1) is 6.92 Å². The summed E-state index contributed by atoms with van der Waals surface area (Å²) in [5.74, 6) is 1.65. The molecule has 1 aromatic rings. The Kier molecular flexibility index (Phi) is 8.16. The maximum atomic E-state index is 5.19. The second-order valence-corrected chi connectivity index (χ2v) is 5.91. The predicted octanol–water partition coefficient (Wildman–Crippen LogP) is 2.14. The number of nitrogens with one attached hydrogen (secondary N) is 2. The molecule has 1 fully saturated rings. The van der Waals surface area contributed by atoms with E-state index in [1.54, 1.807) is 7.05 Å². The number of aliphatic imine (C=N–C) groups is 1. The number of halogens is 1. The zero-order valence-electron chi connectivity index (χ0n) is 13.9. The first-order valence-electron chi connectivity index (χ1n) is 7.72. The fraction of sp³-hybridized carbons (Fsp3) is 0.733. The Hall–Kier alpha value is -0.830. The van der Waals surface area contributed by atoms with Crippen LogP contribution in [-0.4, -0.2) is 48.2 Å². The third-order valence-electron chi connectivity index (χ3n) is 3.93. The summed E-state index contributed by atoms with van der Waals surface area (Å²) in [6, 6.07) is 3.06. The van der Waals surface area contributed by atoms with E-state index in [2.05, 4.69) is 39.5 Å². The van der Waals surface area contributed by atoms with Crippen molar-refractivity contribution in [1.82, 2.24) is 20.7 Å². The van der Waals surface area contributed by atoms with Crippen molar-refractivity contribution in [3.63, 3.8) is 0 Å². The highest BCUT2D eigenvalue weighted by Crippen LogP contribution is 2.12. The van der Waals surface area contributed by atoms with Gasteiger partial charge in [0.1, 0.15) is 0 Å². The summed E-state index contributed by atoms with van der Waals surface area (Å²) in [6.45, 7) is 9.33. The van der Waals surface area contributed by atoms with E-state index in [1.807, 2.05) is 13.0 Å². The molecule has 2 heterocycles. The van der Waals surface area contributed by atoms with E-state index in [9.17, 15) is 0 Å². The van der Waals surface area contributed by atoms with Crippen molar-refractivity contribution in [2.45, 2.75) is 52.2 Å². The summed E-state index contributed by atoms with van der Waals surface area (Å²) >= 11 is 0. The largest absolute Gasteiger partial charge is 0.359 e. The van der Waals surface area contributed by atoms with Crippen LogP contribution in [0.3, 0.4) is 0 Å². The lowest BCUT2D eigenvalue weighted by atomic mass is 10.0. The number of hydrogen-bond donors (Lipinski definition) is 2. The van der Waals surface area contributed by atoms with E-state index < -0.39 is 0 Å². The number of aryl methyl sites for hydroxylation is 1. The highest BCUT2D eigenvalue weighted by atomic mass is 127. The first kappa shape index (κ1) is 19.2. The number of piperidine rings is 1. The molecule has 0 unspecified atom stereocenters. The molecule has 0 aliphatic carbocycles. The molecule has 2 N–H and O–H groups in total. The van der Waals surface area contributed by atoms with Crippen LogP contribution in [0.15, 0.2) is 15.6 Å². The van der Waals surface area contributed by atoms with Gasteiger partial charge in [-0.3, -0.25) is 4.99 Å². The van der Waals surface area contributed by atoms with Gasteiger partial charge in [-0.15, -0.1) is 24.0 Å². The lowest BCUT2D eigenvalue weighted by Crippen LogP contribution is -2.49. The summed E-state index contributed by atoms with van der Waals surface area (Å²) in [6.07, 6.45) is 2.31. The zero-order chi connectivity index (χ0) is 15.2. The van der Waals surface area contributed by atoms with Gasteiger partial charge in [0, 0.05) is 38.3 Å². The fourth-order valence-corrected chi connectivity index (χ4v) is 2.62. The molecular weight excluding hydrogens is 393 g/mol. The molecule has 2 rings (SSSR count). The topological polar surface area (TPSA) is 65.7 Å². The van der Waals surface area contributed by atoms with E-state index in [-0.39, 0.29) is 24.0 Å². The first-order chi connectivity index (χ1) is 10.1. The van der Waals surface area contributed by atoms with Crippen molar-refractivity contribution in [2.24, 2.45) is 4.99 Å². The van der Waals surface area contributed by atoms with Gasteiger partial charge in [0.15, 0.2) is 11.7 Å². The number of nitrogens with zero attached hydrogens (tertiary/aromatic N) is 3. The minimum Gasteiger partial charge on any atom is -0.359 e. The Bertz CT molecular complexity index is 466. The number of likely N-dealkylation sites (tertiary alicyclic amines) is 1. The van der Waals surface area contributed by atoms with Gasteiger partial charge >= 0.3 is 0 Å². The molecule has 1 aliphatic heterocycles. The molecule has 0 bridgehead atoms. The van der Waals surface area contributed by atoms with Crippen molar-refractivity contribution < 1.29 is 4.52 Å². The minimum absolute atomic E-state index is 0. The van der Waals surface area contributed by atoms with E-state index in [0.717, 1.165) is 43.3 Å². The lowest BCUT2D eigenvalue weighted by Gasteiger charge is -2.35. The van der Waals surface area contributed by atoms with Crippen LogP contribution >= 0.6 is 24.0 Å². The predicted molar refractivity (Wildman–Crippen MR) is 99.7 cm³/mol. The van der Waals surface area contributed by atoms with Crippen molar-refractivity contribution in [1.29, 1.82) is 0 Å². The summed E-state index contributed by atoms with van der Waals surface area (Å²) in [4.78, 5) is 6.80. The maximum absolute atomic E-state index is 5.19. The van der Waals surface area contributed by atoms with Crippen LogP contribution in [-0.2, 0) is 6.54 Å². The number of guanidine groups is 1. The normalized spacial score (nSPS) is 17.4. The highest BCUT2D eigenvalue weighted by Gasteiger charge is 2.21. The van der Waals surface area contributed by atoms with Crippen molar-refractivity contribution in [3.05, 3.63) is 17.5 Å². The maximum Gasteiger partial charge on any atom is 0.191 e. The van der Waals surface area contributed by atoms with Gasteiger partial charge in [-0.05, 0) is 33.6 Å². The Morgan fingerprint density at radius 2 is 2.14 bits per heavy atom. The number of aromatic nitrogens is 1. The van der Waals surface area contributed by atoms with Gasteiger partial charge in [-0.25, -0.2) is 0 Å². The molecule has 0 amide bonds. The van der Waals surface area contributed by atoms with Crippen LogP contribution in [0.4, 0.5) is 0 Å². The molecule has 22 heavy (non-hydrogen) atoms. The van der Waals surface area contributed by atoms with Gasteiger partial charge in [0.05, 0.1) is 12.2 Å². The molecule has 0 saturated carbocycles. The molecule has 0 radical (unpaired) electrons. The fourth-order valence-electron chi connectivity index (χ4n) is 2.62.